The quantitative estimate of drug-likeness (QED) is 0.693. The van der Waals surface area contributed by atoms with E-state index < -0.39 is 6.09 Å². The molecule has 2 amide bonds. The molecule has 0 aliphatic rings. The highest BCUT2D eigenvalue weighted by Crippen LogP contribution is 2.17. The summed E-state index contributed by atoms with van der Waals surface area (Å²) < 4.78 is 11.6. The fourth-order valence-electron chi connectivity index (χ4n) is 2.69. The van der Waals surface area contributed by atoms with Crippen LogP contribution in [0.2, 0.25) is 0 Å². The van der Waals surface area contributed by atoms with Crippen molar-refractivity contribution in [2.24, 2.45) is 7.05 Å². The molecule has 2 aromatic rings. The summed E-state index contributed by atoms with van der Waals surface area (Å²) in [6.07, 6.45) is 0.406. The topological polar surface area (TPSA) is 94.5 Å². The Balaban J connectivity index is 1.87. The minimum absolute atomic E-state index is 0.0996. The van der Waals surface area contributed by atoms with Gasteiger partial charge in [-0.3, -0.25) is 14.8 Å². The number of nitrogens with zero attached hydrogens (tertiary/aromatic N) is 2. The summed E-state index contributed by atoms with van der Waals surface area (Å²) in [5, 5.41) is 9.82. The van der Waals surface area contributed by atoms with Crippen molar-refractivity contribution >= 4 is 23.4 Å². The third kappa shape index (κ3) is 6.10. The van der Waals surface area contributed by atoms with Crippen molar-refractivity contribution in [1.29, 1.82) is 0 Å². The zero-order chi connectivity index (χ0) is 19.8. The normalized spacial score (nSPS) is 10.5. The molecule has 0 fully saturated rings. The van der Waals surface area contributed by atoms with E-state index in [-0.39, 0.29) is 12.5 Å². The Hall–Kier alpha value is -2.87. The molecule has 0 spiro atoms. The van der Waals surface area contributed by atoms with Gasteiger partial charge in [0.2, 0.25) is 5.91 Å². The molecule has 0 saturated heterocycles. The average molecular weight is 374 g/mol. The Morgan fingerprint density at radius 2 is 1.85 bits per heavy atom. The number of ether oxygens (including phenoxy) is 2. The van der Waals surface area contributed by atoms with Gasteiger partial charge in [0.1, 0.15) is 6.61 Å². The predicted molar refractivity (Wildman–Crippen MR) is 103 cm³/mol. The first kappa shape index (κ1) is 20.4. The molecule has 0 atom stereocenters. The number of hydrogen-bond acceptors (Lipinski definition) is 5. The molecule has 8 nitrogen and oxygen atoms in total. The summed E-state index contributed by atoms with van der Waals surface area (Å²) in [5.41, 5.74) is 4.25. The molecule has 2 rings (SSSR count). The maximum absolute atomic E-state index is 12.3. The Morgan fingerprint density at radius 3 is 2.48 bits per heavy atom. The fraction of sp³-hybridized carbons (Fsp3) is 0.421. The third-order valence-electron chi connectivity index (χ3n) is 4.17. The molecule has 0 saturated carbocycles. The van der Waals surface area contributed by atoms with Gasteiger partial charge in [-0.05, 0) is 44.0 Å². The Bertz CT molecular complexity index is 801. The van der Waals surface area contributed by atoms with Crippen molar-refractivity contribution in [3.8, 4) is 0 Å². The number of amides is 2. The van der Waals surface area contributed by atoms with Gasteiger partial charge >= 0.3 is 6.09 Å². The maximum atomic E-state index is 12.3. The van der Waals surface area contributed by atoms with Gasteiger partial charge in [-0.25, -0.2) is 4.79 Å². The van der Waals surface area contributed by atoms with E-state index in [1.54, 1.807) is 24.3 Å². The highest BCUT2D eigenvalue weighted by Gasteiger charge is 2.12. The van der Waals surface area contributed by atoms with Gasteiger partial charge in [0, 0.05) is 37.6 Å². The molecule has 0 radical (unpaired) electrons. The number of carbonyl (C=O) groups is 2. The van der Waals surface area contributed by atoms with Crippen LogP contribution in [-0.2, 0) is 27.7 Å². The summed E-state index contributed by atoms with van der Waals surface area (Å²) >= 11 is 0. The summed E-state index contributed by atoms with van der Waals surface area (Å²) in [4.78, 5) is 23.9. The summed E-state index contributed by atoms with van der Waals surface area (Å²) in [5.74, 6) is -0.0996. The van der Waals surface area contributed by atoms with Crippen LogP contribution in [0.25, 0.3) is 0 Å². The Morgan fingerprint density at radius 1 is 1.15 bits per heavy atom. The maximum Gasteiger partial charge on any atom is 0.411 e. The first-order chi connectivity index (χ1) is 12.9. The number of anilines is 2. The number of aryl methyl sites for hydroxylation is 2. The summed E-state index contributed by atoms with van der Waals surface area (Å²) in [7, 11) is 3.43. The van der Waals surface area contributed by atoms with Crippen LogP contribution in [-0.4, -0.2) is 42.1 Å². The zero-order valence-corrected chi connectivity index (χ0v) is 16.2. The van der Waals surface area contributed by atoms with E-state index in [1.165, 1.54) is 7.11 Å². The first-order valence-electron chi connectivity index (χ1n) is 8.72. The van der Waals surface area contributed by atoms with Crippen molar-refractivity contribution in [1.82, 2.24) is 9.78 Å². The number of hydrogen-bond donors (Lipinski definition) is 2. The Kier molecular flexibility index (Phi) is 7.36. The molecule has 146 valence electrons. The van der Waals surface area contributed by atoms with Gasteiger partial charge in [-0.2, -0.15) is 5.10 Å². The number of aromatic nitrogens is 2. The summed E-state index contributed by atoms with van der Waals surface area (Å²) in [6.45, 7) is 4.44. The van der Waals surface area contributed by atoms with Gasteiger partial charge in [-0.15, -0.1) is 0 Å². The van der Waals surface area contributed by atoms with Crippen LogP contribution in [0.5, 0.6) is 0 Å². The third-order valence-corrected chi connectivity index (χ3v) is 4.17. The average Bonchev–Trinajstić information content (AvgIpc) is 2.85. The van der Waals surface area contributed by atoms with Crippen LogP contribution >= 0.6 is 0 Å². The smallest absolute Gasteiger partial charge is 0.411 e. The lowest BCUT2D eigenvalue weighted by molar-refractivity contribution is -0.116. The molecule has 0 bridgehead atoms. The standard InChI is InChI=1S/C19H26N4O4/c1-13-17(14(2)23(3)22-13)8-9-18(24)20-15-6-5-7-16(12-15)21-19(25)27-11-10-26-4/h5-7,12H,8-11H2,1-4H3,(H,20,24)(H,21,25). The molecule has 0 aliphatic carbocycles. The molecule has 0 unspecified atom stereocenters. The predicted octanol–water partition coefficient (Wildman–Crippen LogP) is 2.80. The molecule has 1 aromatic carbocycles. The Labute approximate surface area is 158 Å². The second kappa shape index (κ2) is 9.72. The molecule has 0 aliphatic heterocycles. The van der Waals surface area contributed by atoms with Crippen LogP contribution in [0.15, 0.2) is 24.3 Å². The van der Waals surface area contributed by atoms with Gasteiger partial charge in [0.15, 0.2) is 0 Å². The van der Waals surface area contributed by atoms with Crippen molar-refractivity contribution in [3.63, 3.8) is 0 Å². The zero-order valence-electron chi connectivity index (χ0n) is 16.2. The lowest BCUT2D eigenvalue weighted by Crippen LogP contribution is -2.17. The minimum atomic E-state index is -0.571. The second-order valence-electron chi connectivity index (χ2n) is 6.16. The van der Waals surface area contributed by atoms with Gasteiger partial charge in [-0.1, -0.05) is 6.07 Å². The van der Waals surface area contributed by atoms with E-state index in [1.807, 2.05) is 25.6 Å². The number of benzene rings is 1. The van der Waals surface area contributed by atoms with E-state index in [0.29, 0.717) is 30.8 Å². The monoisotopic (exact) mass is 374 g/mol. The molecule has 1 heterocycles. The van der Waals surface area contributed by atoms with Crippen molar-refractivity contribution in [3.05, 3.63) is 41.2 Å². The number of carbonyl (C=O) groups excluding carboxylic acids is 2. The van der Waals surface area contributed by atoms with Crippen LogP contribution in [0.3, 0.4) is 0 Å². The van der Waals surface area contributed by atoms with E-state index >= 15 is 0 Å². The van der Waals surface area contributed by atoms with Crippen LogP contribution < -0.4 is 10.6 Å². The lowest BCUT2D eigenvalue weighted by atomic mass is 10.1. The summed E-state index contributed by atoms with van der Waals surface area (Å²) in [6, 6.07) is 6.90. The lowest BCUT2D eigenvalue weighted by Gasteiger charge is -2.09. The van der Waals surface area contributed by atoms with E-state index in [9.17, 15) is 9.59 Å². The van der Waals surface area contributed by atoms with Crippen LogP contribution in [0.4, 0.5) is 16.2 Å². The molecule has 1 aromatic heterocycles. The van der Waals surface area contributed by atoms with Crippen molar-refractivity contribution in [2.45, 2.75) is 26.7 Å². The highest BCUT2D eigenvalue weighted by atomic mass is 16.6. The number of methoxy groups -OCH3 is 1. The van der Waals surface area contributed by atoms with E-state index in [0.717, 1.165) is 17.0 Å². The van der Waals surface area contributed by atoms with Crippen molar-refractivity contribution in [2.75, 3.05) is 31.0 Å². The van der Waals surface area contributed by atoms with E-state index in [2.05, 4.69) is 15.7 Å². The van der Waals surface area contributed by atoms with Crippen LogP contribution in [0.1, 0.15) is 23.4 Å². The van der Waals surface area contributed by atoms with E-state index in [4.69, 9.17) is 9.47 Å². The van der Waals surface area contributed by atoms with Gasteiger partial charge < -0.3 is 14.8 Å². The molecule has 2 N–H and O–H groups in total. The van der Waals surface area contributed by atoms with Crippen LogP contribution in [0, 0.1) is 13.8 Å². The second-order valence-corrected chi connectivity index (χ2v) is 6.16. The minimum Gasteiger partial charge on any atom is -0.447 e. The van der Waals surface area contributed by atoms with Gasteiger partial charge in [0.05, 0.1) is 12.3 Å². The fourth-order valence-corrected chi connectivity index (χ4v) is 2.69. The number of nitrogens with one attached hydrogen (secondary N) is 2. The van der Waals surface area contributed by atoms with Crippen molar-refractivity contribution < 1.29 is 19.1 Å². The molecule has 8 heteroatoms. The van der Waals surface area contributed by atoms with Gasteiger partial charge in [0.25, 0.3) is 0 Å². The largest absolute Gasteiger partial charge is 0.447 e. The number of rotatable bonds is 8. The SMILES string of the molecule is COCCOC(=O)Nc1cccc(NC(=O)CCc2c(C)nn(C)c2C)c1. The highest BCUT2D eigenvalue weighted by molar-refractivity contribution is 5.92. The first-order valence-corrected chi connectivity index (χ1v) is 8.72. The molecular formula is C19H26N4O4. The molecular weight excluding hydrogens is 348 g/mol. The molecule has 27 heavy (non-hydrogen) atoms.